The summed E-state index contributed by atoms with van der Waals surface area (Å²) in [5.74, 6) is 0.353. The minimum atomic E-state index is -0.331. The molecule has 0 saturated heterocycles. The predicted molar refractivity (Wildman–Crippen MR) is 118 cm³/mol. The van der Waals surface area contributed by atoms with Crippen molar-refractivity contribution in [1.29, 1.82) is 0 Å². The maximum atomic E-state index is 12.2. The highest BCUT2D eigenvalue weighted by Crippen LogP contribution is 2.14. The molecule has 6 heteroatoms. The van der Waals surface area contributed by atoms with Gasteiger partial charge >= 0.3 is 0 Å². The van der Waals surface area contributed by atoms with Crippen LogP contribution in [0, 0.1) is 0 Å². The number of carbonyl (C=O) groups is 2. The number of nitrogens with zero attached hydrogens (tertiary/aromatic N) is 1. The molecule has 0 atom stereocenters. The lowest BCUT2D eigenvalue weighted by molar-refractivity contribution is -0.115. The number of amides is 2. The van der Waals surface area contributed by atoms with Gasteiger partial charge in [0.25, 0.3) is 5.91 Å². The second-order valence-electron chi connectivity index (χ2n) is 6.52. The normalized spacial score (nSPS) is 10.6. The van der Waals surface area contributed by atoms with Crippen LogP contribution in [0.4, 0.5) is 5.69 Å². The van der Waals surface area contributed by atoms with E-state index in [1.807, 2.05) is 54.6 Å². The number of nitrogens with one attached hydrogen (secondary N) is 2. The number of anilines is 1. The minimum absolute atomic E-state index is 0.0757. The summed E-state index contributed by atoms with van der Waals surface area (Å²) in [5.41, 5.74) is 5.53. The van der Waals surface area contributed by atoms with Gasteiger partial charge in [0.05, 0.1) is 6.21 Å². The molecule has 0 fully saturated rings. The molecule has 2 amide bonds. The van der Waals surface area contributed by atoms with Crippen LogP contribution in [0.1, 0.15) is 34.8 Å². The number of ether oxygens (including phenoxy) is 1. The SMILES string of the molecule is CCC(=O)Nc1ccc(C(=O)NN=Cc2ccc(OCc3ccccc3)cc2)cc1. The maximum absolute atomic E-state index is 12.2. The Bertz CT molecular complexity index is 998. The molecule has 0 saturated carbocycles. The van der Waals surface area contributed by atoms with E-state index in [2.05, 4.69) is 15.8 Å². The van der Waals surface area contributed by atoms with Crippen LogP contribution < -0.4 is 15.5 Å². The van der Waals surface area contributed by atoms with Crippen LogP contribution >= 0.6 is 0 Å². The Kier molecular flexibility index (Phi) is 7.33. The zero-order valence-corrected chi connectivity index (χ0v) is 16.7. The molecule has 0 radical (unpaired) electrons. The molecular weight excluding hydrogens is 378 g/mol. The van der Waals surface area contributed by atoms with Crippen molar-refractivity contribution >= 4 is 23.7 Å². The largest absolute Gasteiger partial charge is 0.489 e. The third-order valence-corrected chi connectivity index (χ3v) is 4.26. The number of rotatable bonds is 8. The first-order chi connectivity index (χ1) is 14.6. The first-order valence-corrected chi connectivity index (χ1v) is 9.64. The molecule has 3 rings (SSSR count). The third-order valence-electron chi connectivity index (χ3n) is 4.26. The Hall–Kier alpha value is -3.93. The van der Waals surface area contributed by atoms with Crippen molar-refractivity contribution < 1.29 is 14.3 Å². The van der Waals surface area contributed by atoms with Gasteiger partial charge in [-0.3, -0.25) is 9.59 Å². The van der Waals surface area contributed by atoms with E-state index in [1.165, 1.54) is 0 Å². The van der Waals surface area contributed by atoms with E-state index < -0.39 is 0 Å². The predicted octanol–water partition coefficient (Wildman–Crippen LogP) is 4.38. The lowest BCUT2D eigenvalue weighted by Gasteiger charge is -2.06. The minimum Gasteiger partial charge on any atom is -0.489 e. The monoisotopic (exact) mass is 401 g/mol. The lowest BCUT2D eigenvalue weighted by atomic mass is 10.2. The van der Waals surface area contributed by atoms with Gasteiger partial charge in [-0.25, -0.2) is 5.43 Å². The van der Waals surface area contributed by atoms with Crippen LogP contribution in [0.5, 0.6) is 5.75 Å². The summed E-state index contributed by atoms with van der Waals surface area (Å²) in [5, 5.41) is 6.72. The summed E-state index contributed by atoms with van der Waals surface area (Å²) in [6.45, 7) is 2.28. The highest BCUT2D eigenvalue weighted by molar-refractivity contribution is 5.96. The summed E-state index contributed by atoms with van der Waals surface area (Å²) < 4.78 is 5.75. The smallest absolute Gasteiger partial charge is 0.271 e. The molecule has 2 N–H and O–H groups in total. The Labute approximate surface area is 175 Å². The van der Waals surface area contributed by atoms with Crippen molar-refractivity contribution in [2.75, 3.05) is 5.32 Å². The first-order valence-electron chi connectivity index (χ1n) is 9.64. The molecular formula is C24H23N3O3. The van der Waals surface area contributed by atoms with Gasteiger partial charge in [-0.1, -0.05) is 37.3 Å². The maximum Gasteiger partial charge on any atom is 0.271 e. The van der Waals surface area contributed by atoms with Gasteiger partial charge in [0.2, 0.25) is 5.91 Å². The first kappa shape index (κ1) is 20.8. The summed E-state index contributed by atoms with van der Waals surface area (Å²) in [6, 6.07) is 24.0. The summed E-state index contributed by atoms with van der Waals surface area (Å²) in [7, 11) is 0. The highest BCUT2D eigenvalue weighted by atomic mass is 16.5. The van der Waals surface area contributed by atoms with Gasteiger partial charge in [0, 0.05) is 17.7 Å². The van der Waals surface area contributed by atoms with Crippen molar-refractivity contribution in [1.82, 2.24) is 5.43 Å². The van der Waals surface area contributed by atoms with Crippen LogP contribution in [-0.4, -0.2) is 18.0 Å². The van der Waals surface area contributed by atoms with Crippen LogP contribution in [0.3, 0.4) is 0 Å². The number of hydrazone groups is 1. The zero-order valence-electron chi connectivity index (χ0n) is 16.7. The molecule has 0 aromatic heterocycles. The number of hydrogen-bond acceptors (Lipinski definition) is 4. The topological polar surface area (TPSA) is 79.8 Å². The van der Waals surface area contributed by atoms with Crippen LogP contribution in [0.25, 0.3) is 0 Å². The second-order valence-corrected chi connectivity index (χ2v) is 6.52. The average molecular weight is 401 g/mol. The fourth-order valence-corrected chi connectivity index (χ4v) is 2.58. The van der Waals surface area contributed by atoms with Gasteiger partial charge in [0.15, 0.2) is 0 Å². The summed E-state index contributed by atoms with van der Waals surface area (Å²) in [6.07, 6.45) is 1.96. The molecule has 0 aliphatic carbocycles. The van der Waals surface area contributed by atoms with E-state index in [0.717, 1.165) is 16.9 Å². The second kappa shape index (κ2) is 10.6. The Balaban J connectivity index is 1.48. The highest BCUT2D eigenvalue weighted by Gasteiger charge is 2.05. The molecule has 0 heterocycles. The number of hydrogen-bond donors (Lipinski definition) is 2. The van der Waals surface area contributed by atoms with Crippen molar-refractivity contribution in [3.8, 4) is 5.75 Å². The standard InChI is InChI=1S/C24H23N3O3/c1-2-23(28)26-21-12-10-20(11-13-21)24(29)27-25-16-18-8-14-22(15-9-18)30-17-19-6-4-3-5-7-19/h3-16H,2,17H2,1H3,(H,26,28)(H,27,29). The van der Waals surface area contributed by atoms with Gasteiger partial charge in [-0.2, -0.15) is 5.10 Å². The Morgan fingerprint density at radius 2 is 1.63 bits per heavy atom. The number of carbonyl (C=O) groups excluding carboxylic acids is 2. The molecule has 6 nitrogen and oxygen atoms in total. The molecule has 0 aliphatic heterocycles. The van der Waals surface area contributed by atoms with E-state index in [1.54, 1.807) is 37.4 Å². The van der Waals surface area contributed by atoms with E-state index in [4.69, 9.17) is 4.74 Å². The molecule has 0 bridgehead atoms. The lowest BCUT2D eigenvalue weighted by Crippen LogP contribution is -2.17. The van der Waals surface area contributed by atoms with Crippen molar-refractivity contribution in [3.05, 3.63) is 95.6 Å². The quantitative estimate of drug-likeness (QED) is 0.434. The van der Waals surface area contributed by atoms with E-state index in [0.29, 0.717) is 24.3 Å². The molecule has 3 aromatic rings. The Morgan fingerprint density at radius 3 is 2.30 bits per heavy atom. The zero-order chi connectivity index (χ0) is 21.2. The van der Waals surface area contributed by atoms with Crippen LogP contribution in [-0.2, 0) is 11.4 Å². The summed E-state index contributed by atoms with van der Waals surface area (Å²) in [4.78, 5) is 23.5. The number of benzene rings is 3. The van der Waals surface area contributed by atoms with Gasteiger partial charge in [-0.05, 0) is 59.7 Å². The molecule has 0 spiro atoms. The Morgan fingerprint density at radius 1 is 0.933 bits per heavy atom. The molecule has 152 valence electrons. The van der Waals surface area contributed by atoms with Crippen molar-refractivity contribution in [2.45, 2.75) is 20.0 Å². The average Bonchev–Trinajstić information content (AvgIpc) is 2.79. The van der Waals surface area contributed by atoms with E-state index in [-0.39, 0.29) is 11.8 Å². The fraction of sp³-hybridized carbons (Fsp3) is 0.125. The molecule has 0 aliphatic rings. The van der Waals surface area contributed by atoms with Gasteiger partial charge < -0.3 is 10.1 Å². The molecule has 0 unspecified atom stereocenters. The molecule has 30 heavy (non-hydrogen) atoms. The van der Waals surface area contributed by atoms with E-state index >= 15 is 0 Å². The van der Waals surface area contributed by atoms with Crippen LogP contribution in [0.15, 0.2) is 84.0 Å². The van der Waals surface area contributed by atoms with Gasteiger partial charge in [0.1, 0.15) is 12.4 Å². The fourth-order valence-electron chi connectivity index (χ4n) is 2.58. The van der Waals surface area contributed by atoms with Crippen LogP contribution in [0.2, 0.25) is 0 Å². The molecule has 3 aromatic carbocycles. The third kappa shape index (κ3) is 6.31. The van der Waals surface area contributed by atoms with Crippen molar-refractivity contribution in [2.24, 2.45) is 5.10 Å². The van der Waals surface area contributed by atoms with Crippen molar-refractivity contribution in [3.63, 3.8) is 0 Å². The summed E-state index contributed by atoms with van der Waals surface area (Å²) >= 11 is 0. The van der Waals surface area contributed by atoms with E-state index in [9.17, 15) is 9.59 Å². The van der Waals surface area contributed by atoms with Gasteiger partial charge in [-0.15, -0.1) is 0 Å².